The van der Waals surface area contributed by atoms with Crippen LogP contribution in [0.4, 0.5) is 5.69 Å². The van der Waals surface area contributed by atoms with Crippen LogP contribution in [0.5, 0.6) is 0 Å². The van der Waals surface area contributed by atoms with Gasteiger partial charge in [0.05, 0.1) is 11.3 Å². The van der Waals surface area contributed by atoms with Gasteiger partial charge in [-0.2, -0.15) is 0 Å². The Bertz CT molecular complexity index is 1050. The lowest BCUT2D eigenvalue weighted by Crippen LogP contribution is -2.07. The average Bonchev–Trinajstić information content (AvgIpc) is 2.67. The van der Waals surface area contributed by atoms with E-state index in [9.17, 15) is 4.79 Å². The molecule has 0 saturated carbocycles. The lowest BCUT2D eigenvalue weighted by atomic mass is 9.90. The molecule has 0 bridgehead atoms. The van der Waals surface area contributed by atoms with Gasteiger partial charge in [0.1, 0.15) is 0 Å². The first-order valence-electron chi connectivity index (χ1n) is 8.02. The zero-order chi connectivity index (χ0) is 16.5. The van der Waals surface area contributed by atoms with Crippen molar-refractivity contribution in [3.05, 3.63) is 90.0 Å². The number of fused-ring (bicyclic) bond motifs is 3. The summed E-state index contributed by atoms with van der Waals surface area (Å²) in [6, 6.07) is 25.8. The van der Waals surface area contributed by atoms with E-state index in [1.807, 2.05) is 67.7 Å². The number of hydrogen-bond donors (Lipinski definition) is 1. The Kier molecular flexibility index (Phi) is 3.51. The number of carbonyl (C=O) groups excluding carboxylic acids is 1. The molecule has 116 valence electrons. The van der Waals surface area contributed by atoms with Crippen LogP contribution in [0.15, 0.2) is 78.9 Å². The first-order valence-corrected chi connectivity index (χ1v) is 8.02. The molecular weight excluding hydrogens is 294 g/mol. The second-order valence-electron chi connectivity index (χ2n) is 5.79. The summed E-state index contributed by atoms with van der Waals surface area (Å²) in [6.45, 7) is 0. The molecule has 4 aromatic carbocycles. The number of rotatable bonds is 3. The zero-order valence-electron chi connectivity index (χ0n) is 13.4. The van der Waals surface area contributed by atoms with Gasteiger partial charge in [0, 0.05) is 18.0 Å². The minimum atomic E-state index is 0.0434. The van der Waals surface area contributed by atoms with Gasteiger partial charge in [0.25, 0.3) is 0 Å². The van der Waals surface area contributed by atoms with E-state index in [-0.39, 0.29) is 5.78 Å². The van der Waals surface area contributed by atoms with Crippen LogP contribution in [0.2, 0.25) is 0 Å². The molecule has 2 heteroatoms. The molecule has 0 amide bonds. The van der Waals surface area contributed by atoms with Gasteiger partial charge in [-0.15, -0.1) is 0 Å². The Hall–Kier alpha value is -3.13. The molecule has 0 aliphatic heterocycles. The van der Waals surface area contributed by atoms with Gasteiger partial charge in [0.2, 0.25) is 0 Å². The molecule has 0 aromatic heterocycles. The van der Waals surface area contributed by atoms with E-state index in [1.165, 1.54) is 0 Å². The fourth-order valence-electron chi connectivity index (χ4n) is 3.37. The van der Waals surface area contributed by atoms with E-state index in [4.69, 9.17) is 0 Å². The number of nitrogens with one attached hydrogen (secondary N) is 1. The molecule has 0 radical (unpaired) electrons. The van der Waals surface area contributed by atoms with Gasteiger partial charge >= 0.3 is 0 Å². The van der Waals surface area contributed by atoms with E-state index >= 15 is 0 Å². The van der Waals surface area contributed by atoms with Crippen molar-refractivity contribution < 1.29 is 4.79 Å². The molecule has 0 heterocycles. The highest BCUT2D eigenvalue weighted by atomic mass is 16.1. The highest BCUT2D eigenvalue weighted by Gasteiger charge is 2.19. The number of benzene rings is 4. The summed E-state index contributed by atoms with van der Waals surface area (Å²) in [6.07, 6.45) is 0. The van der Waals surface area contributed by atoms with Crippen LogP contribution in [0.3, 0.4) is 0 Å². The van der Waals surface area contributed by atoms with Crippen molar-refractivity contribution in [1.82, 2.24) is 0 Å². The van der Waals surface area contributed by atoms with E-state index in [2.05, 4.69) is 23.5 Å². The van der Waals surface area contributed by atoms with Crippen molar-refractivity contribution in [2.45, 2.75) is 0 Å². The van der Waals surface area contributed by atoms with Crippen LogP contribution in [0, 0.1) is 0 Å². The van der Waals surface area contributed by atoms with Gasteiger partial charge < -0.3 is 5.32 Å². The maximum absolute atomic E-state index is 13.2. The van der Waals surface area contributed by atoms with E-state index in [1.54, 1.807) is 0 Å². The summed E-state index contributed by atoms with van der Waals surface area (Å²) < 4.78 is 0. The minimum absolute atomic E-state index is 0.0434. The fourth-order valence-corrected chi connectivity index (χ4v) is 3.37. The third-order valence-corrected chi connectivity index (χ3v) is 4.45. The number of anilines is 1. The van der Waals surface area contributed by atoms with Crippen molar-refractivity contribution in [2.24, 2.45) is 0 Å². The molecule has 1 N–H and O–H groups in total. The molecule has 0 fully saturated rings. The predicted molar refractivity (Wildman–Crippen MR) is 101 cm³/mol. The minimum Gasteiger partial charge on any atom is -0.387 e. The van der Waals surface area contributed by atoms with Crippen molar-refractivity contribution in [3.8, 4) is 0 Å². The molecular formula is C22H17NO. The maximum Gasteiger partial charge on any atom is 0.195 e. The molecule has 4 aromatic rings. The van der Waals surface area contributed by atoms with Crippen molar-refractivity contribution in [2.75, 3.05) is 12.4 Å². The second kappa shape index (κ2) is 5.82. The Morgan fingerprint density at radius 3 is 1.79 bits per heavy atom. The molecule has 2 nitrogen and oxygen atoms in total. The Morgan fingerprint density at radius 2 is 1.17 bits per heavy atom. The van der Waals surface area contributed by atoms with E-state index in [0.717, 1.165) is 32.8 Å². The third kappa shape index (κ3) is 2.16. The third-order valence-electron chi connectivity index (χ3n) is 4.45. The summed E-state index contributed by atoms with van der Waals surface area (Å²) >= 11 is 0. The second-order valence-corrected chi connectivity index (χ2v) is 5.79. The molecule has 4 rings (SSSR count). The summed E-state index contributed by atoms with van der Waals surface area (Å²) in [7, 11) is 1.87. The molecule has 24 heavy (non-hydrogen) atoms. The molecule has 0 saturated heterocycles. The van der Waals surface area contributed by atoms with Crippen LogP contribution >= 0.6 is 0 Å². The Labute approximate surface area is 140 Å². The van der Waals surface area contributed by atoms with Gasteiger partial charge in [0.15, 0.2) is 5.78 Å². The van der Waals surface area contributed by atoms with Gasteiger partial charge in [-0.1, -0.05) is 78.9 Å². The SMILES string of the molecule is CNc1c(C(=O)c2ccccc2)c2ccccc2c2ccccc12. The van der Waals surface area contributed by atoms with E-state index < -0.39 is 0 Å². The summed E-state index contributed by atoms with van der Waals surface area (Å²) in [4.78, 5) is 13.2. The number of ketones is 1. The summed E-state index contributed by atoms with van der Waals surface area (Å²) in [5.41, 5.74) is 2.32. The smallest absolute Gasteiger partial charge is 0.195 e. The standard InChI is InChI=1S/C22H17NO/c1-23-21-19-14-8-6-12-17(19)16-11-5-7-13-18(16)20(21)22(24)15-9-3-2-4-10-15/h2-14,23H,1H3. The molecule has 0 atom stereocenters. The normalized spacial score (nSPS) is 10.9. The monoisotopic (exact) mass is 311 g/mol. The van der Waals surface area contributed by atoms with Gasteiger partial charge in [-0.25, -0.2) is 0 Å². The van der Waals surface area contributed by atoms with Crippen LogP contribution in [-0.2, 0) is 0 Å². The zero-order valence-corrected chi connectivity index (χ0v) is 13.4. The quantitative estimate of drug-likeness (QED) is 0.413. The number of carbonyl (C=O) groups is 1. The van der Waals surface area contributed by atoms with Crippen LogP contribution < -0.4 is 5.32 Å². The molecule has 0 aliphatic rings. The van der Waals surface area contributed by atoms with Gasteiger partial charge in [-0.05, 0) is 16.2 Å². The first-order chi connectivity index (χ1) is 11.8. The predicted octanol–water partition coefficient (Wildman–Crippen LogP) is 5.27. The Morgan fingerprint density at radius 1 is 0.667 bits per heavy atom. The fraction of sp³-hybridized carbons (Fsp3) is 0.0455. The summed E-state index contributed by atoms with van der Waals surface area (Å²) in [5.74, 6) is 0.0434. The molecule has 0 unspecified atom stereocenters. The summed E-state index contributed by atoms with van der Waals surface area (Å²) in [5, 5.41) is 7.57. The first kappa shape index (κ1) is 14.5. The van der Waals surface area contributed by atoms with Crippen LogP contribution in [0.1, 0.15) is 15.9 Å². The van der Waals surface area contributed by atoms with Crippen molar-refractivity contribution in [1.29, 1.82) is 0 Å². The van der Waals surface area contributed by atoms with Crippen molar-refractivity contribution in [3.63, 3.8) is 0 Å². The number of hydrogen-bond acceptors (Lipinski definition) is 2. The maximum atomic E-state index is 13.2. The molecule has 0 spiro atoms. The van der Waals surface area contributed by atoms with Gasteiger partial charge in [-0.3, -0.25) is 4.79 Å². The molecule has 0 aliphatic carbocycles. The van der Waals surface area contributed by atoms with Crippen molar-refractivity contribution >= 4 is 33.0 Å². The highest BCUT2D eigenvalue weighted by Crippen LogP contribution is 2.37. The topological polar surface area (TPSA) is 29.1 Å². The van der Waals surface area contributed by atoms with E-state index in [0.29, 0.717) is 5.56 Å². The Balaban J connectivity index is 2.15. The van der Waals surface area contributed by atoms with Crippen LogP contribution in [-0.4, -0.2) is 12.8 Å². The lowest BCUT2D eigenvalue weighted by Gasteiger charge is -2.16. The highest BCUT2D eigenvalue weighted by molar-refractivity contribution is 6.27. The average molecular weight is 311 g/mol. The van der Waals surface area contributed by atoms with Crippen LogP contribution in [0.25, 0.3) is 21.5 Å². The lowest BCUT2D eigenvalue weighted by molar-refractivity contribution is 0.104. The largest absolute Gasteiger partial charge is 0.387 e.